The zero-order valence-corrected chi connectivity index (χ0v) is 22.6. The number of benzene rings is 3. The Morgan fingerprint density at radius 1 is 0.973 bits per heavy atom. The summed E-state index contributed by atoms with van der Waals surface area (Å²) in [7, 11) is 3.20. The molecule has 2 heterocycles. The second-order valence-electron chi connectivity index (χ2n) is 8.04. The molecular formula is C27H24BrN3O5S. The van der Waals surface area contributed by atoms with Crippen LogP contribution in [0.4, 0.5) is 5.69 Å². The number of fused-ring (bicyclic) bond motifs is 1. The van der Waals surface area contributed by atoms with Crippen molar-refractivity contribution in [2.45, 2.75) is 5.03 Å². The predicted molar refractivity (Wildman–Crippen MR) is 147 cm³/mol. The van der Waals surface area contributed by atoms with Crippen molar-refractivity contribution in [3.05, 3.63) is 65.1 Å². The van der Waals surface area contributed by atoms with Crippen LogP contribution in [-0.4, -0.2) is 49.1 Å². The summed E-state index contributed by atoms with van der Waals surface area (Å²) in [5.74, 6) is 3.24. The normalized spacial score (nSPS) is 12.2. The van der Waals surface area contributed by atoms with Gasteiger partial charge >= 0.3 is 0 Å². The molecule has 1 aliphatic heterocycles. The number of ether oxygens (including phenoxy) is 4. The number of carbonyl (C=O) groups excluding carboxylic acids is 1. The average Bonchev–Trinajstić information content (AvgIpc) is 3.36. The lowest BCUT2D eigenvalue weighted by molar-refractivity contribution is -0.113. The lowest BCUT2D eigenvalue weighted by atomic mass is 10.1. The summed E-state index contributed by atoms with van der Waals surface area (Å²) in [6.07, 6.45) is 0. The molecule has 2 N–H and O–H groups in total. The van der Waals surface area contributed by atoms with E-state index in [1.807, 2.05) is 42.5 Å². The van der Waals surface area contributed by atoms with Gasteiger partial charge in [-0.1, -0.05) is 39.8 Å². The number of hydrogen-bond acceptors (Lipinski definition) is 7. The minimum absolute atomic E-state index is 0.159. The topological polar surface area (TPSA) is 94.7 Å². The van der Waals surface area contributed by atoms with E-state index in [4.69, 9.17) is 23.9 Å². The predicted octanol–water partition coefficient (Wildman–Crippen LogP) is 6.03. The molecule has 37 heavy (non-hydrogen) atoms. The van der Waals surface area contributed by atoms with Crippen molar-refractivity contribution in [3.63, 3.8) is 0 Å². The molecule has 0 saturated heterocycles. The van der Waals surface area contributed by atoms with Gasteiger partial charge in [-0.15, -0.1) is 0 Å². The van der Waals surface area contributed by atoms with Gasteiger partial charge in [-0.2, -0.15) is 0 Å². The molecular weight excluding hydrogens is 558 g/mol. The number of carbonyl (C=O) groups is 1. The van der Waals surface area contributed by atoms with E-state index in [2.05, 4.69) is 26.2 Å². The van der Waals surface area contributed by atoms with Gasteiger partial charge in [0.1, 0.15) is 24.1 Å². The first kappa shape index (κ1) is 25.0. The molecule has 5 rings (SSSR count). The van der Waals surface area contributed by atoms with Crippen molar-refractivity contribution in [2.24, 2.45) is 0 Å². The van der Waals surface area contributed by atoms with E-state index in [1.54, 1.807) is 32.4 Å². The van der Waals surface area contributed by atoms with Gasteiger partial charge < -0.3 is 29.2 Å². The van der Waals surface area contributed by atoms with Crippen molar-refractivity contribution in [1.29, 1.82) is 0 Å². The maximum atomic E-state index is 12.8. The van der Waals surface area contributed by atoms with Crippen LogP contribution in [-0.2, 0) is 4.79 Å². The minimum atomic E-state index is -0.159. The molecule has 0 bridgehead atoms. The number of aromatic amines is 1. The van der Waals surface area contributed by atoms with Crippen molar-refractivity contribution in [1.82, 2.24) is 9.97 Å². The lowest BCUT2D eigenvalue weighted by Gasteiger charge is -2.19. The molecule has 10 heteroatoms. The van der Waals surface area contributed by atoms with E-state index < -0.39 is 0 Å². The van der Waals surface area contributed by atoms with Crippen molar-refractivity contribution in [2.75, 3.05) is 38.5 Å². The number of H-pyrrole nitrogens is 1. The maximum absolute atomic E-state index is 12.8. The summed E-state index contributed by atoms with van der Waals surface area (Å²) in [6.45, 7) is 1.00. The summed E-state index contributed by atoms with van der Waals surface area (Å²) < 4.78 is 23.0. The molecule has 4 aromatic rings. The smallest absolute Gasteiger partial charge is 0.234 e. The number of rotatable bonds is 8. The summed E-state index contributed by atoms with van der Waals surface area (Å²) in [5, 5.41) is 3.62. The van der Waals surface area contributed by atoms with E-state index >= 15 is 0 Å². The van der Waals surface area contributed by atoms with E-state index in [0.29, 0.717) is 52.7 Å². The van der Waals surface area contributed by atoms with Crippen LogP contribution in [0.1, 0.15) is 0 Å². The zero-order chi connectivity index (χ0) is 25.8. The molecule has 0 unspecified atom stereocenters. The van der Waals surface area contributed by atoms with Gasteiger partial charge in [-0.25, -0.2) is 4.98 Å². The van der Waals surface area contributed by atoms with Crippen molar-refractivity contribution in [3.8, 4) is 45.6 Å². The van der Waals surface area contributed by atoms with Gasteiger partial charge in [0.2, 0.25) is 5.91 Å². The van der Waals surface area contributed by atoms with E-state index in [0.717, 1.165) is 21.3 Å². The van der Waals surface area contributed by atoms with Crippen molar-refractivity contribution >= 4 is 39.3 Å². The van der Waals surface area contributed by atoms with Gasteiger partial charge in [0.05, 0.1) is 25.7 Å². The fourth-order valence-electron chi connectivity index (χ4n) is 3.85. The molecule has 1 aromatic heterocycles. The second kappa shape index (κ2) is 11.2. The Bertz CT molecular complexity index is 1420. The highest BCUT2D eigenvalue weighted by Gasteiger charge is 2.18. The number of nitrogens with zero attached hydrogens (tertiary/aromatic N) is 1. The van der Waals surface area contributed by atoms with Gasteiger partial charge in [0, 0.05) is 27.4 Å². The molecule has 0 radical (unpaired) electrons. The Labute approximate surface area is 226 Å². The minimum Gasteiger partial charge on any atom is -0.493 e. The quantitative estimate of drug-likeness (QED) is 0.245. The Hall–Kier alpha value is -3.63. The fourth-order valence-corrected chi connectivity index (χ4v) is 4.92. The average molecular weight is 582 g/mol. The van der Waals surface area contributed by atoms with Crippen LogP contribution in [0.15, 0.2) is 70.2 Å². The van der Waals surface area contributed by atoms with Crippen LogP contribution in [0.3, 0.4) is 0 Å². The Morgan fingerprint density at radius 2 is 1.70 bits per heavy atom. The number of halogens is 1. The fraction of sp³-hybridized carbons (Fsp3) is 0.185. The van der Waals surface area contributed by atoms with Gasteiger partial charge in [0.15, 0.2) is 23.0 Å². The van der Waals surface area contributed by atoms with Gasteiger partial charge in [0.25, 0.3) is 0 Å². The molecule has 0 aliphatic carbocycles. The third-order valence-electron chi connectivity index (χ3n) is 5.63. The van der Waals surface area contributed by atoms with E-state index in [-0.39, 0.29) is 11.7 Å². The third-order valence-corrected chi connectivity index (χ3v) is 7.13. The first-order chi connectivity index (χ1) is 18.0. The number of anilines is 1. The Balaban J connectivity index is 1.39. The van der Waals surface area contributed by atoms with Crippen molar-refractivity contribution < 1.29 is 23.7 Å². The molecule has 190 valence electrons. The maximum Gasteiger partial charge on any atom is 0.234 e. The summed E-state index contributed by atoms with van der Waals surface area (Å²) in [4.78, 5) is 21.1. The number of aromatic nitrogens is 2. The van der Waals surface area contributed by atoms with Crippen LogP contribution in [0.25, 0.3) is 22.6 Å². The highest BCUT2D eigenvalue weighted by atomic mass is 79.9. The standard InChI is InChI=1S/C27H24BrN3O5S/c1-33-20-9-5-17(13-22(20)34-2)25-27(31-26(30-25)16-3-6-18(28)7-4-16)37-15-24(32)29-19-8-10-21-23(14-19)36-12-11-35-21/h3-10,13-14H,11-12,15H2,1-2H3,(H,29,32)(H,30,31). The highest BCUT2D eigenvalue weighted by Crippen LogP contribution is 2.37. The summed E-state index contributed by atoms with van der Waals surface area (Å²) in [5.41, 5.74) is 3.23. The molecule has 1 aliphatic rings. The second-order valence-corrected chi connectivity index (χ2v) is 9.92. The zero-order valence-electron chi connectivity index (χ0n) is 20.2. The summed E-state index contributed by atoms with van der Waals surface area (Å²) in [6, 6.07) is 18.9. The van der Waals surface area contributed by atoms with Crippen LogP contribution >= 0.6 is 27.7 Å². The number of imidazole rings is 1. The molecule has 0 fully saturated rings. The first-order valence-electron chi connectivity index (χ1n) is 11.4. The molecule has 0 spiro atoms. The molecule has 3 aromatic carbocycles. The number of methoxy groups -OCH3 is 2. The van der Waals surface area contributed by atoms with Crippen LogP contribution < -0.4 is 24.3 Å². The third kappa shape index (κ3) is 5.70. The SMILES string of the molecule is COc1ccc(-c2[nH]c(-c3ccc(Br)cc3)nc2SCC(=O)Nc2ccc3c(c2)OCCO3)cc1OC. The highest BCUT2D eigenvalue weighted by molar-refractivity contribution is 9.10. The first-order valence-corrected chi connectivity index (χ1v) is 13.2. The number of amides is 1. The molecule has 0 saturated carbocycles. The summed E-state index contributed by atoms with van der Waals surface area (Å²) >= 11 is 4.82. The lowest BCUT2D eigenvalue weighted by Crippen LogP contribution is -2.17. The molecule has 1 amide bonds. The van der Waals surface area contributed by atoms with Gasteiger partial charge in [-0.3, -0.25) is 4.79 Å². The number of thioether (sulfide) groups is 1. The monoisotopic (exact) mass is 581 g/mol. The number of nitrogens with one attached hydrogen (secondary N) is 2. The Kier molecular flexibility index (Phi) is 7.57. The van der Waals surface area contributed by atoms with E-state index in [1.165, 1.54) is 11.8 Å². The van der Waals surface area contributed by atoms with Gasteiger partial charge in [-0.05, 0) is 42.5 Å². The largest absolute Gasteiger partial charge is 0.493 e. The number of hydrogen-bond donors (Lipinski definition) is 2. The van der Waals surface area contributed by atoms with E-state index in [9.17, 15) is 4.79 Å². The molecule has 8 nitrogen and oxygen atoms in total. The van der Waals surface area contributed by atoms with Crippen LogP contribution in [0.5, 0.6) is 23.0 Å². The van der Waals surface area contributed by atoms with Crippen LogP contribution in [0, 0.1) is 0 Å². The van der Waals surface area contributed by atoms with Crippen LogP contribution in [0.2, 0.25) is 0 Å². The Morgan fingerprint density at radius 3 is 2.46 bits per heavy atom. The molecule has 0 atom stereocenters.